The minimum Gasteiger partial charge on any atom is -0.496 e. The third-order valence-electron chi connectivity index (χ3n) is 2.95. The molecule has 1 atom stereocenters. The number of nitrogens with zero attached hydrogens (tertiary/aromatic N) is 3. The van der Waals surface area contributed by atoms with Crippen LogP contribution in [0.3, 0.4) is 0 Å². The van der Waals surface area contributed by atoms with Gasteiger partial charge in [-0.2, -0.15) is 14.9 Å². The van der Waals surface area contributed by atoms with Crippen molar-refractivity contribution in [2.45, 2.75) is 25.9 Å². The van der Waals surface area contributed by atoms with E-state index in [1.807, 2.05) is 24.3 Å². The topological polar surface area (TPSA) is 75.4 Å². The monoisotopic (exact) mass is 306 g/mol. The number of H-pyrrole nitrogens is 1. The molecule has 1 unspecified atom stereocenters. The van der Waals surface area contributed by atoms with Crippen molar-refractivity contribution in [1.82, 2.24) is 14.9 Å². The molecular formula is C14H18N4O2S. The Hall–Kier alpha value is -1.99. The molecule has 112 valence electrons. The first-order valence-electron chi connectivity index (χ1n) is 6.63. The van der Waals surface area contributed by atoms with Crippen LogP contribution in [-0.4, -0.2) is 39.4 Å². The maximum atomic E-state index is 9.36. The smallest absolute Gasteiger partial charge is 0.216 e. The van der Waals surface area contributed by atoms with Crippen molar-refractivity contribution in [3.05, 3.63) is 40.4 Å². The number of nitrogens with one attached hydrogen (secondary N) is 1. The van der Waals surface area contributed by atoms with Gasteiger partial charge in [-0.25, -0.2) is 0 Å². The van der Waals surface area contributed by atoms with E-state index in [4.69, 9.17) is 17.0 Å². The normalized spacial score (nSPS) is 12.7. The summed E-state index contributed by atoms with van der Waals surface area (Å²) < 4.78 is 7.25. The van der Waals surface area contributed by atoms with Crippen LogP contribution < -0.4 is 4.74 Å². The number of methoxy groups -OCH3 is 1. The summed E-state index contributed by atoms with van der Waals surface area (Å²) in [6, 6.07) is 7.58. The number of aryl methyl sites for hydroxylation is 1. The molecule has 1 aromatic carbocycles. The van der Waals surface area contributed by atoms with Gasteiger partial charge in [-0.05, 0) is 37.7 Å². The van der Waals surface area contributed by atoms with Crippen LogP contribution in [0.25, 0.3) is 0 Å². The molecule has 0 aliphatic rings. The molecule has 0 amide bonds. The van der Waals surface area contributed by atoms with Crippen molar-refractivity contribution in [3.63, 3.8) is 0 Å². The molecule has 0 aliphatic carbocycles. The minimum absolute atomic E-state index is 0.387. The Labute approximate surface area is 128 Å². The van der Waals surface area contributed by atoms with E-state index >= 15 is 0 Å². The Morgan fingerprint density at radius 2 is 2.29 bits per heavy atom. The first-order chi connectivity index (χ1) is 10.1. The average Bonchev–Trinajstić information content (AvgIpc) is 2.83. The van der Waals surface area contributed by atoms with Crippen LogP contribution in [-0.2, 0) is 6.42 Å². The van der Waals surface area contributed by atoms with E-state index in [2.05, 4.69) is 15.3 Å². The van der Waals surface area contributed by atoms with Gasteiger partial charge in [0.15, 0.2) is 5.82 Å². The Kier molecular flexibility index (Phi) is 5.24. The van der Waals surface area contributed by atoms with Crippen molar-refractivity contribution in [1.29, 1.82) is 0 Å². The zero-order chi connectivity index (χ0) is 15.2. The second kappa shape index (κ2) is 7.14. The van der Waals surface area contributed by atoms with Gasteiger partial charge < -0.3 is 9.84 Å². The van der Waals surface area contributed by atoms with Crippen LogP contribution in [0.2, 0.25) is 0 Å². The predicted molar refractivity (Wildman–Crippen MR) is 83.4 cm³/mol. The Morgan fingerprint density at radius 1 is 1.52 bits per heavy atom. The van der Waals surface area contributed by atoms with Crippen molar-refractivity contribution in [2.75, 3.05) is 7.11 Å². The summed E-state index contributed by atoms with van der Waals surface area (Å²) >= 11 is 5.17. The molecule has 0 radical (unpaired) electrons. The summed E-state index contributed by atoms with van der Waals surface area (Å²) in [5.74, 6) is 1.42. The molecule has 0 saturated carbocycles. The van der Waals surface area contributed by atoms with Crippen molar-refractivity contribution in [3.8, 4) is 5.75 Å². The summed E-state index contributed by atoms with van der Waals surface area (Å²) in [5.41, 5.74) is 0.851. The van der Waals surface area contributed by atoms with Crippen molar-refractivity contribution >= 4 is 18.4 Å². The molecule has 7 heteroatoms. The number of aliphatic hydroxyl groups excluding tert-OH is 1. The standard InChI is InChI=1S/C14H18N4O2S/c1-10(19)7-8-13-16-17-14(21)18(13)15-9-11-5-3-4-6-12(11)20-2/h3-6,9-10,19H,7-8H2,1-2H3,(H,17,21)/b15-9+. The lowest BCUT2D eigenvalue weighted by molar-refractivity contribution is 0.184. The molecule has 0 aliphatic heterocycles. The van der Waals surface area contributed by atoms with Gasteiger partial charge in [-0.1, -0.05) is 12.1 Å². The Morgan fingerprint density at radius 3 is 3.00 bits per heavy atom. The number of hydrogen-bond acceptors (Lipinski definition) is 5. The number of ether oxygens (including phenoxy) is 1. The van der Waals surface area contributed by atoms with E-state index in [9.17, 15) is 5.11 Å². The lowest BCUT2D eigenvalue weighted by atomic mass is 10.2. The summed E-state index contributed by atoms with van der Waals surface area (Å²) in [6.07, 6.45) is 2.48. The summed E-state index contributed by atoms with van der Waals surface area (Å²) in [5, 5.41) is 20.6. The molecular weight excluding hydrogens is 288 g/mol. The average molecular weight is 306 g/mol. The molecule has 21 heavy (non-hydrogen) atoms. The fourth-order valence-electron chi connectivity index (χ4n) is 1.84. The van der Waals surface area contributed by atoms with Crippen molar-refractivity contribution < 1.29 is 9.84 Å². The fourth-order valence-corrected chi connectivity index (χ4v) is 2.03. The molecule has 2 N–H and O–H groups in total. The Balaban J connectivity index is 2.24. The van der Waals surface area contributed by atoms with Crippen LogP contribution in [0, 0.1) is 4.77 Å². The highest BCUT2D eigenvalue weighted by atomic mass is 32.1. The molecule has 6 nitrogen and oxygen atoms in total. The van der Waals surface area contributed by atoms with Gasteiger partial charge in [0.05, 0.1) is 19.4 Å². The van der Waals surface area contributed by atoms with Gasteiger partial charge >= 0.3 is 0 Å². The zero-order valence-electron chi connectivity index (χ0n) is 12.0. The molecule has 0 spiro atoms. The van der Waals surface area contributed by atoms with E-state index in [0.29, 0.717) is 23.4 Å². The fraction of sp³-hybridized carbons (Fsp3) is 0.357. The third kappa shape index (κ3) is 3.99. The number of benzene rings is 1. The highest BCUT2D eigenvalue weighted by Gasteiger charge is 2.07. The minimum atomic E-state index is -0.387. The molecule has 2 rings (SSSR count). The largest absolute Gasteiger partial charge is 0.496 e. The van der Waals surface area contributed by atoms with Crippen LogP contribution in [0.15, 0.2) is 29.4 Å². The third-order valence-corrected chi connectivity index (χ3v) is 3.22. The molecule has 0 bridgehead atoms. The number of aliphatic hydroxyl groups is 1. The van der Waals surface area contributed by atoms with Gasteiger partial charge in [-0.15, -0.1) is 0 Å². The van der Waals surface area contributed by atoms with Gasteiger partial charge in [0, 0.05) is 12.0 Å². The maximum absolute atomic E-state index is 9.36. The molecule has 0 saturated heterocycles. The van der Waals surface area contributed by atoms with Crippen molar-refractivity contribution in [2.24, 2.45) is 5.10 Å². The second-order valence-corrected chi connectivity index (χ2v) is 5.02. The first kappa shape index (κ1) is 15.4. The molecule has 1 aromatic heterocycles. The molecule has 0 fully saturated rings. The summed E-state index contributed by atoms with van der Waals surface area (Å²) in [4.78, 5) is 0. The number of aromatic amines is 1. The van der Waals surface area contributed by atoms with Gasteiger partial charge in [0.1, 0.15) is 5.75 Å². The SMILES string of the molecule is COc1ccccc1/C=N/n1c(CCC(C)O)n[nH]c1=S. The number of rotatable bonds is 6. The van der Waals surface area contributed by atoms with Gasteiger partial charge in [-0.3, -0.25) is 5.10 Å². The van der Waals surface area contributed by atoms with Crippen LogP contribution in [0.1, 0.15) is 24.7 Å². The predicted octanol–water partition coefficient (Wildman–Crippen LogP) is 2.14. The van der Waals surface area contributed by atoms with E-state index in [1.165, 1.54) is 0 Å². The lowest BCUT2D eigenvalue weighted by Gasteiger charge is -2.04. The maximum Gasteiger partial charge on any atom is 0.216 e. The molecule has 1 heterocycles. The van der Waals surface area contributed by atoms with Crippen LogP contribution >= 0.6 is 12.2 Å². The van der Waals surface area contributed by atoms with E-state index < -0.39 is 0 Å². The second-order valence-electron chi connectivity index (χ2n) is 4.63. The number of aromatic nitrogens is 3. The summed E-state index contributed by atoms with van der Waals surface area (Å²) in [6.45, 7) is 1.74. The van der Waals surface area contributed by atoms with E-state index in [0.717, 1.165) is 11.3 Å². The quantitative estimate of drug-likeness (QED) is 0.633. The van der Waals surface area contributed by atoms with Crippen LogP contribution in [0.4, 0.5) is 0 Å². The molecule has 2 aromatic rings. The Bertz CT molecular complexity index is 676. The van der Waals surface area contributed by atoms with E-state index in [-0.39, 0.29) is 6.10 Å². The highest BCUT2D eigenvalue weighted by molar-refractivity contribution is 7.71. The lowest BCUT2D eigenvalue weighted by Crippen LogP contribution is -2.06. The van der Waals surface area contributed by atoms with Gasteiger partial charge in [0.25, 0.3) is 0 Å². The zero-order valence-corrected chi connectivity index (χ0v) is 12.8. The number of hydrogen-bond donors (Lipinski definition) is 2. The highest BCUT2D eigenvalue weighted by Crippen LogP contribution is 2.15. The van der Waals surface area contributed by atoms with Crippen LogP contribution in [0.5, 0.6) is 5.75 Å². The first-order valence-corrected chi connectivity index (χ1v) is 7.04. The van der Waals surface area contributed by atoms with E-state index in [1.54, 1.807) is 24.9 Å². The van der Waals surface area contributed by atoms with Gasteiger partial charge in [0.2, 0.25) is 4.77 Å². The summed E-state index contributed by atoms with van der Waals surface area (Å²) in [7, 11) is 1.62. The number of para-hydroxylation sites is 1.